The van der Waals surface area contributed by atoms with Crippen LogP contribution in [0.25, 0.3) is 0 Å². The standard InChI is InChI=1S/C28H33N3O5/c1-19-22(17-29-36-19)18-30(2)14-15-34-25-11-8-23(16-27(25)33-3)31-13-12-26(28(31)32)35-24-9-6-21(7-10-24)20-4-5-20/h6-11,16-17,20,26H,4-5,12-15,18H2,1-3H3/t26-/m0/s1. The van der Waals surface area contributed by atoms with Crippen LogP contribution in [-0.4, -0.2) is 55.9 Å². The molecule has 1 amide bonds. The SMILES string of the molecule is COc1cc(N2CC[C@H](Oc3ccc(C4CC4)cc3)C2=O)ccc1OCCN(C)Cc1cnoc1C. The lowest BCUT2D eigenvalue weighted by Gasteiger charge is -2.20. The lowest BCUT2D eigenvalue weighted by Crippen LogP contribution is -2.32. The highest BCUT2D eigenvalue weighted by Crippen LogP contribution is 2.40. The Kier molecular flexibility index (Phi) is 7.13. The number of benzene rings is 2. The summed E-state index contributed by atoms with van der Waals surface area (Å²) in [7, 11) is 3.63. The van der Waals surface area contributed by atoms with Gasteiger partial charge in [-0.2, -0.15) is 0 Å². The number of carbonyl (C=O) groups is 1. The van der Waals surface area contributed by atoms with Gasteiger partial charge in [-0.15, -0.1) is 0 Å². The minimum Gasteiger partial charge on any atom is -0.493 e. The first-order chi connectivity index (χ1) is 17.5. The van der Waals surface area contributed by atoms with Gasteiger partial charge in [0.15, 0.2) is 17.6 Å². The molecule has 1 aliphatic carbocycles. The number of likely N-dealkylation sites (N-methyl/N-ethyl adjacent to an activating group) is 1. The monoisotopic (exact) mass is 491 g/mol. The van der Waals surface area contributed by atoms with E-state index in [0.29, 0.717) is 37.0 Å². The van der Waals surface area contributed by atoms with Gasteiger partial charge < -0.3 is 23.6 Å². The Morgan fingerprint density at radius 1 is 1.11 bits per heavy atom. The Hall–Kier alpha value is -3.52. The van der Waals surface area contributed by atoms with Gasteiger partial charge in [-0.1, -0.05) is 17.3 Å². The van der Waals surface area contributed by atoms with Crippen molar-refractivity contribution in [3.05, 3.63) is 65.5 Å². The first-order valence-corrected chi connectivity index (χ1v) is 12.5. The molecule has 2 aliphatic rings. The lowest BCUT2D eigenvalue weighted by molar-refractivity contribution is -0.122. The van der Waals surface area contributed by atoms with Crippen molar-refractivity contribution in [3.8, 4) is 17.2 Å². The lowest BCUT2D eigenvalue weighted by atomic mass is 10.1. The number of hydrogen-bond acceptors (Lipinski definition) is 7. The maximum Gasteiger partial charge on any atom is 0.268 e. The van der Waals surface area contributed by atoms with E-state index in [2.05, 4.69) is 22.2 Å². The van der Waals surface area contributed by atoms with Crippen LogP contribution in [0.15, 0.2) is 53.2 Å². The molecule has 8 heteroatoms. The largest absolute Gasteiger partial charge is 0.493 e. The fourth-order valence-electron chi connectivity index (χ4n) is 4.51. The van der Waals surface area contributed by atoms with Crippen LogP contribution < -0.4 is 19.1 Å². The van der Waals surface area contributed by atoms with Gasteiger partial charge in [0.05, 0.1) is 13.3 Å². The Balaban J connectivity index is 1.15. The minimum atomic E-state index is -0.483. The molecule has 2 heterocycles. The maximum absolute atomic E-state index is 13.1. The number of anilines is 1. The zero-order valence-corrected chi connectivity index (χ0v) is 21.1. The molecule has 8 nitrogen and oxygen atoms in total. The third kappa shape index (κ3) is 5.49. The first kappa shape index (κ1) is 24.2. The van der Waals surface area contributed by atoms with Crippen LogP contribution in [0.2, 0.25) is 0 Å². The van der Waals surface area contributed by atoms with E-state index < -0.39 is 6.10 Å². The molecule has 36 heavy (non-hydrogen) atoms. The first-order valence-electron chi connectivity index (χ1n) is 12.5. The third-order valence-corrected chi connectivity index (χ3v) is 6.84. The van der Waals surface area contributed by atoms with Crippen molar-refractivity contribution in [2.45, 2.75) is 44.8 Å². The van der Waals surface area contributed by atoms with E-state index in [1.165, 1.54) is 18.4 Å². The highest BCUT2D eigenvalue weighted by molar-refractivity contribution is 5.99. The van der Waals surface area contributed by atoms with Gasteiger partial charge in [0.1, 0.15) is 18.1 Å². The molecule has 2 fully saturated rings. The van der Waals surface area contributed by atoms with Gasteiger partial charge in [0.25, 0.3) is 5.91 Å². The summed E-state index contributed by atoms with van der Waals surface area (Å²) in [5, 5.41) is 3.82. The molecule has 0 N–H and O–H groups in total. The number of methoxy groups -OCH3 is 1. The summed E-state index contributed by atoms with van der Waals surface area (Å²) < 4.78 is 22.7. The number of amides is 1. The summed E-state index contributed by atoms with van der Waals surface area (Å²) in [5.41, 5.74) is 3.19. The fourth-order valence-corrected chi connectivity index (χ4v) is 4.51. The molecule has 5 rings (SSSR count). The predicted octanol–water partition coefficient (Wildman–Crippen LogP) is 4.56. The molecule has 1 saturated heterocycles. The van der Waals surface area contributed by atoms with Crippen LogP contribution in [0.3, 0.4) is 0 Å². The van der Waals surface area contributed by atoms with Crippen LogP contribution in [-0.2, 0) is 11.3 Å². The average Bonchev–Trinajstić information content (AvgIpc) is 3.57. The normalized spacial score (nSPS) is 17.6. The number of nitrogens with zero attached hydrogens (tertiary/aromatic N) is 3. The van der Waals surface area contributed by atoms with Gasteiger partial charge in [-0.25, -0.2) is 0 Å². The van der Waals surface area contributed by atoms with E-state index in [1.54, 1.807) is 18.2 Å². The van der Waals surface area contributed by atoms with Crippen LogP contribution in [0.1, 0.15) is 42.1 Å². The predicted molar refractivity (Wildman–Crippen MR) is 136 cm³/mol. The summed E-state index contributed by atoms with van der Waals surface area (Å²) >= 11 is 0. The molecule has 1 aromatic heterocycles. The summed E-state index contributed by atoms with van der Waals surface area (Å²) in [6.07, 6.45) is 4.44. The Labute approximate surface area is 211 Å². The average molecular weight is 492 g/mol. The van der Waals surface area contributed by atoms with Gasteiger partial charge in [0, 0.05) is 43.4 Å². The molecule has 1 saturated carbocycles. The van der Waals surface area contributed by atoms with Crippen molar-refractivity contribution in [2.24, 2.45) is 0 Å². The summed E-state index contributed by atoms with van der Waals surface area (Å²) in [4.78, 5) is 17.0. The quantitative estimate of drug-likeness (QED) is 0.389. The number of carbonyl (C=O) groups excluding carboxylic acids is 1. The molecule has 0 spiro atoms. The van der Waals surface area contributed by atoms with Crippen molar-refractivity contribution in [1.82, 2.24) is 10.1 Å². The van der Waals surface area contributed by atoms with Crippen LogP contribution in [0, 0.1) is 6.92 Å². The zero-order chi connectivity index (χ0) is 25.1. The van der Waals surface area contributed by atoms with Crippen LogP contribution in [0.5, 0.6) is 17.2 Å². The van der Waals surface area contributed by atoms with Crippen molar-refractivity contribution >= 4 is 11.6 Å². The molecule has 0 bridgehead atoms. The highest BCUT2D eigenvalue weighted by atomic mass is 16.5. The van der Waals surface area contributed by atoms with E-state index >= 15 is 0 Å². The molecular formula is C28H33N3O5. The van der Waals surface area contributed by atoms with E-state index in [1.807, 2.05) is 44.3 Å². The third-order valence-electron chi connectivity index (χ3n) is 6.84. The highest BCUT2D eigenvalue weighted by Gasteiger charge is 2.35. The van der Waals surface area contributed by atoms with Crippen molar-refractivity contribution < 1.29 is 23.5 Å². The van der Waals surface area contributed by atoms with E-state index in [4.69, 9.17) is 18.7 Å². The van der Waals surface area contributed by atoms with Crippen molar-refractivity contribution in [1.29, 1.82) is 0 Å². The Morgan fingerprint density at radius 2 is 1.92 bits per heavy atom. The molecule has 1 aliphatic heterocycles. The van der Waals surface area contributed by atoms with Gasteiger partial charge >= 0.3 is 0 Å². The smallest absolute Gasteiger partial charge is 0.268 e. The topological polar surface area (TPSA) is 77.3 Å². The van der Waals surface area contributed by atoms with E-state index in [9.17, 15) is 4.79 Å². The van der Waals surface area contributed by atoms with E-state index in [-0.39, 0.29) is 5.91 Å². The number of rotatable bonds is 11. The molecule has 1 atom stereocenters. The summed E-state index contributed by atoms with van der Waals surface area (Å²) in [5.74, 6) is 3.47. The number of aromatic nitrogens is 1. The fraction of sp³-hybridized carbons (Fsp3) is 0.429. The van der Waals surface area contributed by atoms with Gasteiger partial charge in [0.2, 0.25) is 0 Å². The van der Waals surface area contributed by atoms with Crippen molar-refractivity contribution in [2.75, 3.05) is 38.8 Å². The molecule has 190 valence electrons. The number of hydrogen-bond donors (Lipinski definition) is 0. The Bertz CT molecular complexity index is 1190. The second kappa shape index (κ2) is 10.6. The Morgan fingerprint density at radius 3 is 2.61 bits per heavy atom. The van der Waals surface area contributed by atoms with Crippen LogP contribution in [0.4, 0.5) is 5.69 Å². The molecule has 3 aromatic rings. The summed E-state index contributed by atoms with van der Waals surface area (Å²) in [6.45, 7) is 4.46. The molecule has 0 radical (unpaired) electrons. The number of ether oxygens (including phenoxy) is 3. The maximum atomic E-state index is 13.1. The molecular weight excluding hydrogens is 458 g/mol. The number of aryl methyl sites for hydroxylation is 1. The van der Waals surface area contributed by atoms with Crippen LogP contribution >= 0.6 is 0 Å². The molecule has 2 aromatic carbocycles. The second-order valence-electron chi connectivity index (χ2n) is 9.56. The van der Waals surface area contributed by atoms with E-state index in [0.717, 1.165) is 35.9 Å². The summed E-state index contributed by atoms with van der Waals surface area (Å²) in [6, 6.07) is 13.8. The minimum absolute atomic E-state index is 0.0392. The van der Waals surface area contributed by atoms with Gasteiger partial charge in [-0.3, -0.25) is 9.69 Å². The van der Waals surface area contributed by atoms with Gasteiger partial charge in [-0.05, 0) is 62.6 Å². The van der Waals surface area contributed by atoms with Crippen molar-refractivity contribution in [3.63, 3.8) is 0 Å². The zero-order valence-electron chi connectivity index (χ0n) is 21.1. The second-order valence-corrected chi connectivity index (χ2v) is 9.56. The molecule has 0 unspecified atom stereocenters.